The lowest BCUT2D eigenvalue weighted by Gasteiger charge is -2.35. The van der Waals surface area contributed by atoms with Gasteiger partial charge < -0.3 is 15.0 Å². The predicted octanol–water partition coefficient (Wildman–Crippen LogP) is 2.81. The van der Waals surface area contributed by atoms with Gasteiger partial charge in [-0.05, 0) is 44.0 Å². The maximum atomic E-state index is 15.0. The number of nitrogens with one attached hydrogen (secondary N) is 2. The van der Waals surface area contributed by atoms with E-state index in [2.05, 4.69) is 15.5 Å². The number of halogens is 1. The molecule has 5 rings (SSSR count). The van der Waals surface area contributed by atoms with Gasteiger partial charge in [-0.25, -0.2) is 4.39 Å². The Morgan fingerprint density at radius 3 is 2.67 bits per heavy atom. The van der Waals surface area contributed by atoms with Crippen LogP contribution in [0.1, 0.15) is 55.1 Å². The Balaban J connectivity index is 1.27. The van der Waals surface area contributed by atoms with Crippen molar-refractivity contribution in [2.75, 3.05) is 18.4 Å². The van der Waals surface area contributed by atoms with E-state index in [1.54, 1.807) is 30.3 Å². The van der Waals surface area contributed by atoms with E-state index >= 15 is 0 Å². The topological polar surface area (TPSA) is 91.0 Å². The second-order valence-electron chi connectivity index (χ2n) is 9.78. The minimum atomic E-state index is -1.85. The van der Waals surface area contributed by atoms with E-state index in [-0.39, 0.29) is 44.0 Å². The predicted molar refractivity (Wildman–Crippen MR) is 131 cm³/mol. The molecule has 3 amide bonds. The van der Waals surface area contributed by atoms with Crippen molar-refractivity contribution >= 4 is 23.4 Å². The van der Waals surface area contributed by atoms with Crippen LogP contribution in [0.25, 0.3) is 0 Å². The zero-order valence-electron chi connectivity index (χ0n) is 21.5. The first kappa shape index (κ1) is 23.1. The van der Waals surface area contributed by atoms with Gasteiger partial charge >= 0.3 is 0 Å². The van der Waals surface area contributed by atoms with Crippen LogP contribution in [0.4, 0.5) is 10.1 Å². The number of fused-ring (bicyclic) bond motifs is 1. The number of ether oxygens (including phenoxy) is 1. The van der Waals surface area contributed by atoms with Crippen LogP contribution in [0.15, 0.2) is 36.4 Å². The molecular weight excluding hydrogens is 463 g/mol. The van der Waals surface area contributed by atoms with Crippen LogP contribution >= 0.6 is 0 Å². The Kier molecular flexibility index (Phi) is 6.41. The molecule has 3 aliphatic heterocycles. The van der Waals surface area contributed by atoms with Crippen LogP contribution in [0, 0.1) is 5.82 Å². The molecule has 0 spiro atoms. The Morgan fingerprint density at radius 1 is 1.17 bits per heavy atom. The number of carbonyl (C=O) groups is 3. The number of rotatable bonds is 6. The number of imide groups is 1. The molecule has 2 fully saturated rings. The van der Waals surface area contributed by atoms with Gasteiger partial charge in [-0.1, -0.05) is 18.2 Å². The molecule has 3 heterocycles. The highest BCUT2D eigenvalue weighted by atomic mass is 19.1. The zero-order valence-corrected chi connectivity index (χ0v) is 20.5. The SMILES string of the molecule is [2H]C1(N2Cc3c(NCc4ccc(CN5CC(C)OC(C)C5)cc4F)cccc3C2=O)CCC(=O)NC1=O. The molecule has 0 bridgehead atoms. The number of anilines is 1. The average Bonchev–Trinajstić information content (AvgIpc) is 3.18. The molecule has 3 unspecified atom stereocenters. The molecule has 0 radical (unpaired) electrons. The minimum absolute atomic E-state index is 0.000661. The Hall–Kier alpha value is -3.30. The van der Waals surface area contributed by atoms with Crippen LogP contribution in [-0.2, 0) is 34.0 Å². The molecule has 9 heteroatoms. The molecule has 3 aliphatic rings. The number of carbonyl (C=O) groups excluding carboxylic acids is 3. The van der Waals surface area contributed by atoms with E-state index in [1.165, 1.54) is 4.90 Å². The number of nitrogens with zero attached hydrogens (tertiary/aromatic N) is 2. The van der Waals surface area contributed by atoms with Gasteiger partial charge in [0, 0.05) is 61.5 Å². The van der Waals surface area contributed by atoms with Gasteiger partial charge in [-0.2, -0.15) is 0 Å². The highest BCUT2D eigenvalue weighted by molar-refractivity contribution is 6.06. The van der Waals surface area contributed by atoms with Gasteiger partial charge in [0.05, 0.1) is 13.6 Å². The number of hydrogen-bond acceptors (Lipinski definition) is 6. The van der Waals surface area contributed by atoms with Crippen molar-refractivity contribution in [2.45, 2.75) is 64.5 Å². The van der Waals surface area contributed by atoms with Gasteiger partial charge in [0.2, 0.25) is 11.8 Å². The fourth-order valence-corrected chi connectivity index (χ4v) is 5.28. The van der Waals surface area contributed by atoms with E-state index in [0.29, 0.717) is 28.9 Å². The Bertz CT molecular complexity index is 1250. The third-order valence-corrected chi connectivity index (χ3v) is 6.89. The summed E-state index contributed by atoms with van der Waals surface area (Å²) in [6, 6.07) is 8.58. The fraction of sp³-hybridized carbons (Fsp3) is 0.444. The minimum Gasteiger partial charge on any atom is -0.381 e. The van der Waals surface area contributed by atoms with Crippen molar-refractivity contribution in [3.05, 3.63) is 64.5 Å². The number of hydrogen-bond donors (Lipinski definition) is 2. The lowest BCUT2D eigenvalue weighted by molar-refractivity contribution is -0.136. The Morgan fingerprint density at radius 2 is 1.94 bits per heavy atom. The highest BCUT2D eigenvalue weighted by Gasteiger charge is 2.39. The first-order chi connectivity index (χ1) is 17.6. The second kappa shape index (κ2) is 9.99. The summed E-state index contributed by atoms with van der Waals surface area (Å²) in [6.45, 7) is 6.62. The summed E-state index contributed by atoms with van der Waals surface area (Å²) in [4.78, 5) is 40.6. The van der Waals surface area contributed by atoms with Gasteiger partial charge in [0.1, 0.15) is 11.8 Å². The summed E-state index contributed by atoms with van der Waals surface area (Å²) in [5, 5.41) is 5.40. The van der Waals surface area contributed by atoms with Gasteiger partial charge in [0.25, 0.3) is 5.91 Å². The van der Waals surface area contributed by atoms with Gasteiger partial charge in [-0.3, -0.25) is 24.6 Å². The summed E-state index contributed by atoms with van der Waals surface area (Å²) in [5.74, 6) is -1.97. The molecule has 3 atom stereocenters. The van der Waals surface area contributed by atoms with Crippen LogP contribution in [-0.4, -0.2) is 58.8 Å². The largest absolute Gasteiger partial charge is 0.381 e. The van der Waals surface area contributed by atoms with Gasteiger partial charge in [-0.15, -0.1) is 0 Å². The van der Waals surface area contributed by atoms with E-state index < -0.39 is 23.7 Å². The first-order valence-corrected chi connectivity index (χ1v) is 12.3. The summed E-state index contributed by atoms with van der Waals surface area (Å²) in [7, 11) is 0. The van der Waals surface area contributed by atoms with Crippen molar-refractivity contribution in [1.29, 1.82) is 0 Å². The van der Waals surface area contributed by atoms with Crippen molar-refractivity contribution in [3.8, 4) is 0 Å². The third kappa shape index (κ3) is 4.99. The lowest BCUT2D eigenvalue weighted by atomic mass is 10.0. The van der Waals surface area contributed by atoms with E-state index in [4.69, 9.17) is 6.11 Å². The lowest BCUT2D eigenvalue weighted by Crippen LogP contribution is -2.52. The first-order valence-electron chi connectivity index (χ1n) is 12.8. The van der Waals surface area contributed by atoms with E-state index in [1.807, 2.05) is 19.9 Å². The Labute approximate surface area is 211 Å². The van der Waals surface area contributed by atoms with E-state index in [0.717, 1.165) is 18.7 Å². The summed E-state index contributed by atoms with van der Waals surface area (Å²) < 4.78 is 29.4. The van der Waals surface area contributed by atoms with Crippen molar-refractivity contribution in [1.82, 2.24) is 15.1 Å². The molecule has 0 aromatic heterocycles. The van der Waals surface area contributed by atoms with Crippen LogP contribution < -0.4 is 10.6 Å². The summed E-state index contributed by atoms with van der Waals surface area (Å²) in [6.07, 6.45) is 0.235. The summed E-state index contributed by atoms with van der Waals surface area (Å²) in [5.41, 5.74) is 3.08. The van der Waals surface area contributed by atoms with Crippen LogP contribution in [0.3, 0.4) is 0 Å². The maximum Gasteiger partial charge on any atom is 0.255 e. The molecule has 2 aromatic rings. The second-order valence-corrected chi connectivity index (χ2v) is 9.78. The molecule has 2 saturated heterocycles. The smallest absolute Gasteiger partial charge is 0.255 e. The molecular formula is C27H31FN4O4. The van der Waals surface area contributed by atoms with E-state index in [9.17, 15) is 18.8 Å². The molecule has 36 heavy (non-hydrogen) atoms. The van der Waals surface area contributed by atoms with Crippen molar-refractivity contribution in [3.63, 3.8) is 0 Å². The standard InChI is InChI=1S/C27H31FN4O4/c1-16-12-31(13-17(2)36-16)14-18-6-7-19(22(28)10-18)11-29-23-5-3-4-20-21(23)15-32(27(20)35)24-8-9-25(33)30-26(24)34/h3-7,10,16-17,24,29H,8-9,11-15H2,1-2H3,(H,30,33,34)/i24D. The molecule has 2 N–H and O–H groups in total. The molecule has 8 nitrogen and oxygen atoms in total. The van der Waals surface area contributed by atoms with Crippen molar-refractivity contribution in [2.24, 2.45) is 0 Å². The van der Waals surface area contributed by atoms with Crippen LogP contribution in [0.5, 0.6) is 0 Å². The third-order valence-electron chi connectivity index (χ3n) is 6.89. The normalized spacial score (nSPS) is 27.0. The number of benzene rings is 2. The number of amides is 3. The molecule has 0 aliphatic carbocycles. The zero-order chi connectivity index (χ0) is 26.3. The molecule has 190 valence electrons. The average molecular weight is 496 g/mol. The summed E-state index contributed by atoms with van der Waals surface area (Å²) >= 11 is 0. The monoisotopic (exact) mass is 495 g/mol. The molecule has 0 saturated carbocycles. The number of piperidine rings is 1. The quantitative estimate of drug-likeness (QED) is 0.599. The fourth-order valence-electron chi connectivity index (χ4n) is 5.28. The highest BCUT2D eigenvalue weighted by Crippen LogP contribution is 2.32. The van der Waals surface area contributed by atoms with Crippen LogP contribution in [0.2, 0.25) is 0 Å². The van der Waals surface area contributed by atoms with Crippen molar-refractivity contribution < 1.29 is 24.9 Å². The molecule has 2 aromatic carbocycles. The van der Waals surface area contributed by atoms with Gasteiger partial charge in [0.15, 0.2) is 0 Å². The maximum absolute atomic E-state index is 15.0. The number of morpholine rings is 1.